The van der Waals surface area contributed by atoms with Crippen molar-refractivity contribution in [3.63, 3.8) is 0 Å². The number of amides is 3. The standard InChI is InChI=1S/C12H18N2O3S/c15-10-12(3-6-18-7-4-12)13-11(16)14(10)9-2-1-5-17-8-9/h9H,1-8H2,(H,13,16)/t9-/m1/s1. The molecular weight excluding hydrogens is 252 g/mol. The zero-order chi connectivity index (χ0) is 12.6. The van der Waals surface area contributed by atoms with E-state index in [1.54, 1.807) is 0 Å². The first kappa shape index (κ1) is 12.3. The average molecular weight is 270 g/mol. The molecule has 0 aromatic rings. The van der Waals surface area contributed by atoms with Crippen molar-refractivity contribution < 1.29 is 14.3 Å². The second-order valence-corrected chi connectivity index (χ2v) is 6.40. The molecule has 3 amide bonds. The van der Waals surface area contributed by atoms with E-state index in [-0.39, 0.29) is 18.0 Å². The maximum absolute atomic E-state index is 12.6. The van der Waals surface area contributed by atoms with Crippen LogP contribution in [0.3, 0.4) is 0 Å². The highest BCUT2D eigenvalue weighted by Crippen LogP contribution is 2.34. The molecule has 0 unspecified atom stereocenters. The molecule has 0 radical (unpaired) electrons. The Kier molecular flexibility index (Phi) is 3.23. The van der Waals surface area contributed by atoms with Crippen molar-refractivity contribution in [2.75, 3.05) is 24.7 Å². The summed E-state index contributed by atoms with van der Waals surface area (Å²) in [5.41, 5.74) is -0.611. The zero-order valence-electron chi connectivity index (χ0n) is 10.3. The predicted octanol–water partition coefficient (Wildman–Crippen LogP) is 0.983. The maximum Gasteiger partial charge on any atom is 0.325 e. The first-order valence-corrected chi connectivity index (χ1v) is 7.70. The third-order valence-corrected chi connectivity index (χ3v) is 5.03. The van der Waals surface area contributed by atoms with Gasteiger partial charge in [-0.25, -0.2) is 4.79 Å². The Balaban J connectivity index is 1.79. The van der Waals surface area contributed by atoms with Gasteiger partial charge in [-0.15, -0.1) is 0 Å². The summed E-state index contributed by atoms with van der Waals surface area (Å²) in [4.78, 5) is 26.1. The fraction of sp³-hybridized carbons (Fsp3) is 0.833. The Morgan fingerprint density at radius 1 is 1.33 bits per heavy atom. The first-order chi connectivity index (χ1) is 8.73. The van der Waals surface area contributed by atoms with Gasteiger partial charge in [-0.1, -0.05) is 0 Å². The van der Waals surface area contributed by atoms with Crippen molar-refractivity contribution in [1.82, 2.24) is 10.2 Å². The van der Waals surface area contributed by atoms with E-state index in [0.29, 0.717) is 6.61 Å². The molecule has 0 aliphatic carbocycles. The monoisotopic (exact) mass is 270 g/mol. The lowest BCUT2D eigenvalue weighted by molar-refractivity contribution is -0.135. The van der Waals surface area contributed by atoms with E-state index in [1.807, 2.05) is 11.8 Å². The Labute approximate surface area is 111 Å². The number of rotatable bonds is 1. The summed E-state index contributed by atoms with van der Waals surface area (Å²) in [7, 11) is 0. The second kappa shape index (κ2) is 4.74. The number of nitrogens with zero attached hydrogens (tertiary/aromatic N) is 1. The average Bonchev–Trinajstić information content (AvgIpc) is 2.63. The normalized spacial score (nSPS) is 31.8. The van der Waals surface area contributed by atoms with Crippen LogP contribution in [0.15, 0.2) is 0 Å². The van der Waals surface area contributed by atoms with Gasteiger partial charge >= 0.3 is 6.03 Å². The maximum atomic E-state index is 12.6. The highest BCUT2D eigenvalue weighted by molar-refractivity contribution is 7.99. The molecule has 1 spiro atoms. The number of urea groups is 1. The van der Waals surface area contributed by atoms with Crippen LogP contribution in [0.4, 0.5) is 4.79 Å². The Bertz CT molecular complexity index is 362. The fourth-order valence-corrected chi connectivity index (χ4v) is 4.15. The molecule has 3 rings (SSSR count). The highest BCUT2D eigenvalue weighted by Gasteiger charge is 2.53. The lowest BCUT2D eigenvalue weighted by Gasteiger charge is -2.32. The number of nitrogens with one attached hydrogen (secondary N) is 1. The Morgan fingerprint density at radius 3 is 2.78 bits per heavy atom. The van der Waals surface area contributed by atoms with Gasteiger partial charge in [-0.3, -0.25) is 9.69 Å². The van der Waals surface area contributed by atoms with E-state index < -0.39 is 5.54 Å². The minimum Gasteiger partial charge on any atom is -0.379 e. The number of hydrogen-bond donors (Lipinski definition) is 1. The van der Waals surface area contributed by atoms with Crippen molar-refractivity contribution in [2.45, 2.75) is 37.3 Å². The van der Waals surface area contributed by atoms with Crippen molar-refractivity contribution in [1.29, 1.82) is 0 Å². The van der Waals surface area contributed by atoms with Crippen LogP contribution in [0.2, 0.25) is 0 Å². The van der Waals surface area contributed by atoms with E-state index in [0.717, 1.165) is 43.8 Å². The third-order valence-electron chi connectivity index (χ3n) is 4.04. The second-order valence-electron chi connectivity index (χ2n) is 5.17. The molecule has 6 heteroatoms. The van der Waals surface area contributed by atoms with Gasteiger partial charge in [0.2, 0.25) is 0 Å². The quantitative estimate of drug-likeness (QED) is 0.722. The summed E-state index contributed by atoms with van der Waals surface area (Å²) in [5.74, 6) is 1.87. The van der Waals surface area contributed by atoms with E-state index in [2.05, 4.69) is 5.32 Å². The Morgan fingerprint density at radius 2 is 2.11 bits per heavy atom. The number of hydrogen-bond acceptors (Lipinski definition) is 4. The highest BCUT2D eigenvalue weighted by atomic mass is 32.2. The van der Waals surface area contributed by atoms with Crippen LogP contribution in [-0.4, -0.2) is 53.1 Å². The topological polar surface area (TPSA) is 58.6 Å². The fourth-order valence-electron chi connectivity index (χ4n) is 2.96. The minimum absolute atomic E-state index is 0.0247. The molecule has 3 heterocycles. The molecule has 0 saturated carbocycles. The van der Waals surface area contributed by atoms with E-state index in [9.17, 15) is 9.59 Å². The molecule has 18 heavy (non-hydrogen) atoms. The van der Waals surface area contributed by atoms with Crippen LogP contribution in [-0.2, 0) is 9.53 Å². The lowest BCUT2D eigenvalue weighted by atomic mass is 9.92. The number of ether oxygens (including phenoxy) is 1. The van der Waals surface area contributed by atoms with Crippen LogP contribution >= 0.6 is 11.8 Å². The summed E-state index contributed by atoms with van der Waals surface area (Å²) in [5, 5.41) is 2.93. The summed E-state index contributed by atoms with van der Waals surface area (Å²) in [6.45, 7) is 1.23. The number of carbonyl (C=O) groups excluding carboxylic acids is 2. The van der Waals surface area contributed by atoms with Crippen molar-refractivity contribution in [3.8, 4) is 0 Å². The molecule has 1 atom stereocenters. The number of imide groups is 1. The van der Waals surface area contributed by atoms with Crippen LogP contribution in [0, 0.1) is 0 Å². The zero-order valence-corrected chi connectivity index (χ0v) is 11.1. The van der Waals surface area contributed by atoms with Gasteiger partial charge in [0.05, 0.1) is 12.6 Å². The smallest absolute Gasteiger partial charge is 0.325 e. The predicted molar refractivity (Wildman–Crippen MR) is 68.5 cm³/mol. The van der Waals surface area contributed by atoms with Crippen molar-refractivity contribution in [2.24, 2.45) is 0 Å². The molecule has 3 aliphatic heterocycles. The van der Waals surface area contributed by atoms with Gasteiger partial charge in [0.25, 0.3) is 5.91 Å². The molecule has 3 aliphatic rings. The molecule has 100 valence electrons. The van der Waals surface area contributed by atoms with Gasteiger partial charge in [-0.05, 0) is 37.2 Å². The van der Waals surface area contributed by atoms with Crippen molar-refractivity contribution in [3.05, 3.63) is 0 Å². The van der Waals surface area contributed by atoms with Gasteiger partial charge in [-0.2, -0.15) is 11.8 Å². The van der Waals surface area contributed by atoms with Crippen LogP contribution in [0.5, 0.6) is 0 Å². The van der Waals surface area contributed by atoms with Crippen LogP contribution in [0.1, 0.15) is 25.7 Å². The number of thioether (sulfide) groups is 1. The third kappa shape index (κ3) is 1.91. The largest absolute Gasteiger partial charge is 0.379 e. The molecular formula is C12H18N2O3S. The van der Waals surface area contributed by atoms with E-state index >= 15 is 0 Å². The van der Waals surface area contributed by atoms with Gasteiger partial charge < -0.3 is 10.1 Å². The van der Waals surface area contributed by atoms with Crippen LogP contribution in [0.25, 0.3) is 0 Å². The molecule has 5 nitrogen and oxygen atoms in total. The Hall–Kier alpha value is -0.750. The van der Waals surface area contributed by atoms with Gasteiger partial charge in [0.15, 0.2) is 0 Å². The summed E-state index contributed by atoms with van der Waals surface area (Å²) in [6.07, 6.45) is 3.30. The minimum atomic E-state index is -0.611. The SMILES string of the molecule is O=C1NC2(CCSCC2)C(=O)N1[C@@H]1CCCOC1. The molecule has 0 aromatic carbocycles. The molecule has 0 bridgehead atoms. The molecule has 3 fully saturated rings. The summed E-state index contributed by atoms with van der Waals surface area (Å²) < 4.78 is 5.39. The first-order valence-electron chi connectivity index (χ1n) is 6.54. The summed E-state index contributed by atoms with van der Waals surface area (Å²) in [6, 6.07) is -0.289. The summed E-state index contributed by atoms with van der Waals surface area (Å²) >= 11 is 1.85. The van der Waals surface area contributed by atoms with E-state index in [1.165, 1.54) is 4.90 Å². The van der Waals surface area contributed by atoms with Gasteiger partial charge in [0, 0.05) is 6.61 Å². The molecule has 0 aromatic heterocycles. The number of carbonyl (C=O) groups is 2. The molecule has 1 N–H and O–H groups in total. The van der Waals surface area contributed by atoms with Crippen molar-refractivity contribution >= 4 is 23.7 Å². The van der Waals surface area contributed by atoms with E-state index in [4.69, 9.17) is 4.74 Å². The van der Waals surface area contributed by atoms with Crippen LogP contribution < -0.4 is 5.32 Å². The molecule has 3 saturated heterocycles. The van der Waals surface area contributed by atoms with Gasteiger partial charge in [0.1, 0.15) is 5.54 Å². The lowest BCUT2D eigenvalue weighted by Crippen LogP contribution is -2.51.